The van der Waals surface area contributed by atoms with Crippen LogP contribution in [0.15, 0.2) is 63.2 Å². The fourth-order valence-electron chi connectivity index (χ4n) is 2.57. The second kappa shape index (κ2) is 10.8. The molecule has 0 bridgehead atoms. The first-order valence-electron chi connectivity index (χ1n) is 8.94. The van der Waals surface area contributed by atoms with E-state index in [0.717, 1.165) is 43.5 Å². The third kappa shape index (κ3) is 6.43. The molecule has 0 heterocycles. The van der Waals surface area contributed by atoms with E-state index in [4.69, 9.17) is 13.6 Å². The van der Waals surface area contributed by atoms with Crippen molar-refractivity contribution in [2.45, 2.75) is 20.8 Å². The third-order valence-electron chi connectivity index (χ3n) is 4.41. The summed E-state index contributed by atoms with van der Waals surface area (Å²) in [6, 6.07) is 10.8. The normalized spacial score (nSPS) is 11.4. The molecule has 0 saturated carbocycles. The van der Waals surface area contributed by atoms with Gasteiger partial charge in [0.1, 0.15) is 17.2 Å². The van der Waals surface area contributed by atoms with Crippen LogP contribution in [0, 0.1) is 20.8 Å². The fourth-order valence-corrected chi connectivity index (χ4v) is 7.53. The van der Waals surface area contributed by atoms with E-state index in [-0.39, 0.29) is 0 Å². The molecule has 0 fully saturated rings. The van der Waals surface area contributed by atoms with Crippen molar-refractivity contribution in [1.29, 1.82) is 0 Å². The Kier molecular flexibility index (Phi) is 9.06. The van der Waals surface area contributed by atoms with Crippen molar-refractivity contribution in [1.82, 2.24) is 0 Å². The first kappa shape index (κ1) is 26.8. The van der Waals surface area contributed by atoms with Gasteiger partial charge in [-0.05, 0) is 57.2 Å². The van der Waals surface area contributed by atoms with Crippen molar-refractivity contribution >= 4 is 103 Å². The Morgan fingerprint density at radius 2 is 0.781 bits per heavy atom. The zero-order chi connectivity index (χ0) is 23.8. The van der Waals surface area contributed by atoms with Gasteiger partial charge in [0.25, 0.3) is 0 Å². The lowest BCUT2D eigenvalue weighted by atomic mass is 10.2. The summed E-state index contributed by atoms with van der Waals surface area (Å²) in [5.41, 5.74) is 2.25. The van der Waals surface area contributed by atoms with Gasteiger partial charge >= 0.3 is 7.82 Å². The fraction of sp³-hybridized carbons (Fsp3) is 0.143. The van der Waals surface area contributed by atoms with E-state index in [1.165, 1.54) is 0 Å². The van der Waals surface area contributed by atoms with Crippen LogP contribution in [0.25, 0.3) is 0 Å². The Labute approximate surface area is 237 Å². The van der Waals surface area contributed by atoms with E-state index in [1.807, 2.05) is 39.0 Å². The first-order valence-corrected chi connectivity index (χ1v) is 15.2. The molecule has 0 aromatic heterocycles. The minimum Gasteiger partial charge on any atom is -0.386 e. The van der Waals surface area contributed by atoms with Crippen molar-refractivity contribution in [2.75, 3.05) is 0 Å². The highest BCUT2D eigenvalue weighted by Gasteiger charge is 2.36. The first-order chi connectivity index (χ1) is 14.9. The standard InChI is InChI=1S/C21H15Br6O4P/c1-10-16(25)4-13(22)7-19(10)29-32(28,30-20-8-14(23)5-17(26)11(20)2)31-21-9-15(24)6-18(27)12(21)3/h4-9H,1-3H3. The van der Waals surface area contributed by atoms with Crippen LogP contribution < -0.4 is 13.6 Å². The van der Waals surface area contributed by atoms with E-state index in [1.54, 1.807) is 18.2 Å². The van der Waals surface area contributed by atoms with Gasteiger partial charge in [0, 0.05) is 43.5 Å². The van der Waals surface area contributed by atoms with Gasteiger partial charge in [0.2, 0.25) is 0 Å². The largest absolute Gasteiger partial charge is 0.647 e. The van der Waals surface area contributed by atoms with Crippen molar-refractivity contribution in [3.05, 3.63) is 79.9 Å². The summed E-state index contributed by atoms with van der Waals surface area (Å²) in [6.07, 6.45) is 0. The van der Waals surface area contributed by atoms with E-state index < -0.39 is 7.82 Å². The monoisotopic (exact) mass is 836 g/mol. The van der Waals surface area contributed by atoms with Gasteiger partial charge < -0.3 is 13.6 Å². The second-order valence-corrected chi connectivity index (χ2v) is 13.5. The van der Waals surface area contributed by atoms with Crippen LogP contribution in [0.5, 0.6) is 17.2 Å². The predicted octanol–water partition coefficient (Wildman–Crippen LogP) is 10.8. The lowest BCUT2D eigenvalue weighted by Gasteiger charge is -2.23. The molecule has 0 radical (unpaired) electrons. The van der Waals surface area contributed by atoms with Crippen molar-refractivity contribution < 1.29 is 18.1 Å². The highest BCUT2D eigenvalue weighted by molar-refractivity contribution is 9.11. The molecule has 4 nitrogen and oxygen atoms in total. The molecule has 0 aliphatic carbocycles. The summed E-state index contributed by atoms with van der Waals surface area (Å²) in [7, 11) is -4.21. The van der Waals surface area contributed by atoms with Crippen molar-refractivity contribution in [3.8, 4) is 17.2 Å². The van der Waals surface area contributed by atoms with Crippen LogP contribution in [0.4, 0.5) is 0 Å². The van der Waals surface area contributed by atoms with Gasteiger partial charge in [-0.2, -0.15) is 4.57 Å². The third-order valence-corrected chi connectivity index (χ3v) is 9.52. The maximum Gasteiger partial charge on any atom is 0.647 e. The van der Waals surface area contributed by atoms with E-state index in [0.29, 0.717) is 17.2 Å². The predicted molar refractivity (Wildman–Crippen MR) is 149 cm³/mol. The van der Waals surface area contributed by atoms with Crippen LogP contribution in [-0.4, -0.2) is 0 Å². The summed E-state index contributed by atoms with van der Waals surface area (Å²) in [4.78, 5) is 0. The van der Waals surface area contributed by atoms with Crippen molar-refractivity contribution in [3.63, 3.8) is 0 Å². The molecule has 0 saturated heterocycles. The Morgan fingerprint density at radius 1 is 0.531 bits per heavy atom. The van der Waals surface area contributed by atoms with E-state index >= 15 is 0 Å². The van der Waals surface area contributed by atoms with Crippen LogP contribution in [-0.2, 0) is 4.57 Å². The minimum absolute atomic E-state index is 0.355. The molecule has 0 N–H and O–H groups in total. The zero-order valence-corrected chi connectivity index (χ0v) is 27.2. The SMILES string of the molecule is Cc1c(Br)cc(Br)cc1OP(=O)(Oc1cc(Br)cc(Br)c1C)Oc1cc(Br)cc(Br)c1C. The average molecular weight is 842 g/mol. The molecule has 0 aliphatic heterocycles. The summed E-state index contributed by atoms with van der Waals surface area (Å²) < 4.78 is 36.6. The Morgan fingerprint density at radius 3 is 1.03 bits per heavy atom. The van der Waals surface area contributed by atoms with Crippen molar-refractivity contribution in [2.24, 2.45) is 0 Å². The molecule has 3 aromatic carbocycles. The van der Waals surface area contributed by atoms with Crippen LogP contribution in [0.2, 0.25) is 0 Å². The van der Waals surface area contributed by atoms with Gasteiger partial charge in [-0.15, -0.1) is 0 Å². The lowest BCUT2D eigenvalue weighted by Crippen LogP contribution is -2.10. The molecule has 3 aromatic rings. The summed E-state index contributed by atoms with van der Waals surface area (Å²) >= 11 is 20.8. The zero-order valence-electron chi connectivity index (χ0n) is 16.8. The molecule has 170 valence electrons. The van der Waals surface area contributed by atoms with Gasteiger partial charge in [0.15, 0.2) is 0 Å². The molecule has 3 rings (SSSR count). The molecule has 0 amide bonds. The highest BCUT2D eigenvalue weighted by Crippen LogP contribution is 2.53. The van der Waals surface area contributed by atoms with Crippen LogP contribution in [0.1, 0.15) is 16.7 Å². The quantitative estimate of drug-likeness (QED) is 0.232. The average Bonchev–Trinajstić information content (AvgIpc) is 2.67. The highest BCUT2D eigenvalue weighted by atomic mass is 79.9. The van der Waals surface area contributed by atoms with Gasteiger partial charge in [-0.1, -0.05) is 95.6 Å². The molecule has 0 aliphatic rings. The number of phosphoric acid groups is 1. The molecule has 11 heteroatoms. The minimum atomic E-state index is -4.21. The lowest BCUT2D eigenvalue weighted by molar-refractivity contribution is 0.296. The number of benzene rings is 3. The number of halogens is 6. The molecule has 0 unspecified atom stereocenters. The molecule has 0 spiro atoms. The smallest absolute Gasteiger partial charge is 0.386 e. The molecular formula is C21H15Br6O4P. The van der Waals surface area contributed by atoms with Gasteiger partial charge in [0.05, 0.1) is 0 Å². The molecule has 0 atom stereocenters. The molecule has 32 heavy (non-hydrogen) atoms. The Bertz CT molecular complexity index is 1100. The summed E-state index contributed by atoms with van der Waals surface area (Å²) in [5.74, 6) is 1.06. The van der Waals surface area contributed by atoms with Gasteiger partial charge in [-0.25, -0.2) is 0 Å². The number of hydrogen-bond donors (Lipinski definition) is 0. The topological polar surface area (TPSA) is 44.8 Å². The Balaban J connectivity index is 2.12. The number of phosphoric ester groups is 1. The number of rotatable bonds is 6. The Hall–Kier alpha value is 0.170. The molecular weight excluding hydrogens is 827 g/mol. The van der Waals surface area contributed by atoms with Crippen LogP contribution >= 0.6 is 103 Å². The maximum absolute atomic E-state index is 14.1. The maximum atomic E-state index is 14.1. The van der Waals surface area contributed by atoms with Crippen LogP contribution in [0.3, 0.4) is 0 Å². The number of hydrogen-bond acceptors (Lipinski definition) is 4. The second-order valence-electron chi connectivity index (χ2n) is 6.75. The van der Waals surface area contributed by atoms with Gasteiger partial charge in [-0.3, -0.25) is 0 Å². The summed E-state index contributed by atoms with van der Waals surface area (Å²) in [6.45, 7) is 5.54. The van der Waals surface area contributed by atoms with E-state index in [2.05, 4.69) is 95.6 Å². The summed E-state index contributed by atoms with van der Waals surface area (Å²) in [5, 5.41) is 0. The van der Waals surface area contributed by atoms with E-state index in [9.17, 15) is 4.57 Å².